The van der Waals surface area contributed by atoms with E-state index in [9.17, 15) is 9.59 Å². The van der Waals surface area contributed by atoms with E-state index in [1.165, 1.54) is 18.4 Å². The van der Waals surface area contributed by atoms with Gasteiger partial charge in [-0.2, -0.15) is 0 Å². The molecule has 26 heavy (non-hydrogen) atoms. The first-order valence-electron chi connectivity index (χ1n) is 10.1. The van der Waals surface area contributed by atoms with Crippen LogP contribution in [0.4, 0.5) is 0 Å². The molecule has 0 bridgehead atoms. The Bertz CT molecular complexity index is 625. The molecule has 0 spiro atoms. The third kappa shape index (κ3) is 4.85. The largest absolute Gasteiger partial charge is 0.356 e. The predicted octanol–water partition coefficient (Wildman–Crippen LogP) is 2.80. The molecule has 0 unspecified atom stereocenters. The van der Waals surface area contributed by atoms with Crippen molar-refractivity contribution in [2.45, 2.75) is 58.0 Å². The van der Waals surface area contributed by atoms with Gasteiger partial charge in [0.1, 0.15) is 0 Å². The van der Waals surface area contributed by atoms with Crippen molar-refractivity contribution in [3.05, 3.63) is 35.4 Å². The van der Waals surface area contributed by atoms with E-state index in [1.54, 1.807) is 0 Å². The molecular formula is C21H31N3O2. The molecule has 5 heteroatoms. The normalized spacial score (nSPS) is 21.0. The van der Waals surface area contributed by atoms with Gasteiger partial charge in [-0.15, -0.1) is 0 Å². The summed E-state index contributed by atoms with van der Waals surface area (Å²) < 4.78 is 0. The number of carbonyl (C=O) groups excluding carboxylic acids is 2. The first-order valence-corrected chi connectivity index (χ1v) is 10.1. The molecule has 2 fully saturated rings. The highest BCUT2D eigenvalue weighted by Gasteiger charge is 2.29. The Morgan fingerprint density at radius 1 is 1.12 bits per heavy atom. The van der Waals surface area contributed by atoms with Crippen LogP contribution in [-0.4, -0.2) is 53.8 Å². The van der Waals surface area contributed by atoms with Gasteiger partial charge in [0, 0.05) is 37.7 Å². The Kier molecular flexibility index (Phi) is 6.67. The summed E-state index contributed by atoms with van der Waals surface area (Å²) in [5.74, 6) is 0.113. The maximum Gasteiger partial charge on any atom is 0.254 e. The van der Waals surface area contributed by atoms with Gasteiger partial charge in [-0.3, -0.25) is 14.5 Å². The molecule has 2 amide bonds. The minimum absolute atomic E-state index is 0.0186. The number of hydrogen-bond donors (Lipinski definition) is 1. The quantitative estimate of drug-likeness (QED) is 0.852. The van der Waals surface area contributed by atoms with E-state index < -0.39 is 0 Å². The maximum absolute atomic E-state index is 13.1. The first-order chi connectivity index (χ1) is 12.7. The zero-order valence-electron chi connectivity index (χ0n) is 15.9. The smallest absolute Gasteiger partial charge is 0.254 e. The average Bonchev–Trinajstić information content (AvgIpc) is 3.15. The van der Waals surface area contributed by atoms with Crippen molar-refractivity contribution in [3.8, 4) is 0 Å². The lowest BCUT2D eigenvalue weighted by atomic mass is 9.97. The lowest BCUT2D eigenvalue weighted by Crippen LogP contribution is -2.46. The van der Waals surface area contributed by atoms with Gasteiger partial charge in [0.25, 0.3) is 5.91 Å². The fourth-order valence-electron chi connectivity index (χ4n) is 4.13. The summed E-state index contributed by atoms with van der Waals surface area (Å²) in [7, 11) is 0. The number of nitrogens with one attached hydrogen (secondary N) is 1. The number of piperidine rings is 1. The molecule has 2 aliphatic rings. The number of carbonyl (C=O) groups is 2. The summed E-state index contributed by atoms with van der Waals surface area (Å²) in [4.78, 5) is 29.5. The van der Waals surface area contributed by atoms with Crippen LogP contribution in [0.3, 0.4) is 0 Å². The van der Waals surface area contributed by atoms with Crippen molar-refractivity contribution in [1.29, 1.82) is 0 Å². The van der Waals surface area contributed by atoms with Crippen molar-refractivity contribution in [2.24, 2.45) is 0 Å². The zero-order valence-corrected chi connectivity index (χ0v) is 15.9. The van der Waals surface area contributed by atoms with Crippen LogP contribution < -0.4 is 5.32 Å². The van der Waals surface area contributed by atoms with Crippen LogP contribution in [0.1, 0.15) is 61.4 Å². The van der Waals surface area contributed by atoms with Crippen LogP contribution in [0, 0.1) is 0 Å². The topological polar surface area (TPSA) is 52.7 Å². The molecule has 1 aromatic carbocycles. The highest BCUT2D eigenvalue weighted by Crippen LogP contribution is 2.23. The standard InChI is InChI=1S/C21H31N3O2/c1-2-22-20(25)15-19-10-3-4-13-24(19)21(26)18-9-7-8-17(14-18)16-23-11-5-6-12-23/h7-9,14,19H,2-6,10-13,15-16H2,1H3,(H,22,25)/t19-/m0/s1. The Morgan fingerprint density at radius 3 is 2.65 bits per heavy atom. The molecule has 142 valence electrons. The number of rotatable bonds is 6. The molecule has 0 radical (unpaired) electrons. The molecular weight excluding hydrogens is 326 g/mol. The molecule has 1 N–H and O–H groups in total. The van der Waals surface area contributed by atoms with E-state index in [1.807, 2.05) is 30.0 Å². The van der Waals surface area contributed by atoms with Gasteiger partial charge < -0.3 is 10.2 Å². The van der Waals surface area contributed by atoms with E-state index >= 15 is 0 Å². The third-order valence-corrected chi connectivity index (χ3v) is 5.46. The van der Waals surface area contributed by atoms with Crippen LogP contribution >= 0.6 is 0 Å². The monoisotopic (exact) mass is 357 g/mol. The predicted molar refractivity (Wildman–Crippen MR) is 103 cm³/mol. The van der Waals surface area contributed by atoms with Crippen molar-refractivity contribution < 1.29 is 9.59 Å². The Balaban J connectivity index is 1.68. The summed E-state index contributed by atoms with van der Waals surface area (Å²) >= 11 is 0. The van der Waals surface area contributed by atoms with Crippen molar-refractivity contribution in [3.63, 3.8) is 0 Å². The van der Waals surface area contributed by atoms with Crippen molar-refractivity contribution in [1.82, 2.24) is 15.1 Å². The number of likely N-dealkylation sites (tertiary alicyclic amines) is 2. The number of amides is 2. The van der Waals surface area contributed by atoms with Gasteiger partial charge in [0.05, 0.1) is 0 Å². The highest BCUT2D eigenvalue weighted by molar-refractivity contribution is 5.95. The van der Waals surface area contributed by atoms with Gasteiger partial charge in [0.2, 0.25) is 5.91 Å². The second-order valence-electron chi connectivity index (χ2n) is 7.49. The van der Waals surface area contributed by atoms with Crippen LogP contribution in [-0.2, 0) is 11.3 Å². The van der Waals surface area contributed by atoms with E-state index in [2.05, 4.69) is 16.3 Å². The van der Waals surface area contributed by atoms with E-state index in [4.69, 9.17) is 0 Å². The molecule has 2 aliphatic heterocycles. The first kappa shape index (κ1) is 18.9. The van der Waals surface area contributed by atoms with E-state index in [0.29, 0.717) is 13.0 Å². The summed E-state index contributed by atoms with van der Waals surface area (Å²) in [5, 5.41) is 2.86. The molecule has 0 aliphatic carbocycles. The van der Waals surface area contributed by atoms with Crippen LogP contribution in [0.25, 0.3) is 0 Å². The number of benzene rings is 1. The molecule has 2 heterocycles. The highest BCUT2D eigenvalue weighted by atomic mass is 16.2. The molecule has 2 saturated heterocycles. The van der Waals surface area contributed by atoms with Gasteiger partial charge in [-0.1, -0.05) is 12.1 Å². The third-order valence-electron chi connectivity index (χ3n) is 5.46. The van der Waals surface area contributed by atoms with Crippen LogP contribution in [0.5, 0.6) is 0 Å². The van der Waals surface area contributed by atoms with E-state index in [-0.39, 0.29) is 17.9 Å². The molecule has 1 aromatic rings. The lowest BCUT2D eigenvalue weighted by molar-refractivity contribution is -0.122. The van der Waals surface area contributed by atoms with Crippen LogP contribution in [0.15, 0.2) is 24.3 Å². The van der Waals surface area contributed by atoms with Crippen molar-refractivity contribution in [2.75, 3.05) is 26.2 Å². The molecule has 5 nitrogen and oxygen atoms in total. The molecule has 3 rings (SSSR count). The Morgan fingerprint density at radius 2 is 1.88 bits per heavy atom. The molecule has 1 atom stereocenters. The Labute approximate surface area is 156 Å². The summed E-state index contributed by atoms with van der Waals surface area (Å²) in [6.45, 7) is 6.53. The minimum Gasteiger partial charge on any atom is -0.356 e. The second kappa shape index (κ2) is 9.17. The fourth-order valence-corrected chi connectivity index (χ4v) is 4.13. The summed E-state index contributed by atoms with van der Waals surface area (Å²) in [6, 6.07) is 8.07. The van der Waals surface area contributed by atoms with E-state index in [0.717, 1.165) is 51.0 Å². The minimum atomic E-state index is 0.0186. The van der Waals surface area contributed by atoms with Gasteiger partial charge in [-0.25, -0.2) is 0 Å². The average molecular weight is 357 g/mol. The fraction of sp³-hybridized carbons (Fsp3) is 0.619. The lowest BCUT2D eigenvalue weighted by Gasteiger charge is -2.35. The maximum atomic E-state index is 13.1. The zero-order chi connectivity index (χ0) is 18.4. The number of hydrogen-bond acceptors (Lipinski definition) is 3. The van der Waals surface area contributed by atoms with Gasteiger partial charge in [-0.05, 0) is 69.8 Å². The molecule has 0 aromatic heterocycles. The second-order valence-corrected chi connectivity index (χ2v) is 7.49. The summed E-state index contributed by atoms with van der Waals surface area (Å²) in [6.07, 6.45) is 5.97. The molecule has 0 saturated carbocycles. The SMILES string of the molecule is CCNC(=O)C[C@@H]1CCCCN1C(=O)c1cccc(CN2CCCC2)c1. The van der Waals surface area contributed by atoms with Gasteiger partial charge in [0.15, 0.2) is 0 Å². The Hall–Kier alpha value is -1.88. The van der Waals surface area contributed by atoms with Crippen LogP contribution in [0.2, 0.25) is 0 Å². The van der Waals surface area contributed by atoms with Crippen molar-refractivity contribution >= 4 is 11.8 Å². The summed E-state index contributed by atoms with van der Waals surface area (Å²) in [5.41, 5.74) is 1.96. The number of nitrogens with zero attached hydrogens (tertiary/aromatic N) is 2. The van der Waals surface area contributed by atoms with Gasteiger partial charge >= 0.3 is 0 Å².